The van der Waals surface area contributed by atoms with E-state index in [9.17, 15) is 13.5 Å². The zero-order valence-electron chi connectivity index (χ0n) is 17.3. The maximum Gasteiger partial charge on any atom is 0.215 e. The van der Waals surface area contributed by atoms with Crippen LogP contribution in [0.5, 0.6) is 0 Å². The Balaban J connectivity index is 1.64. The number of sulfonamides is 1. The zero-order chi connectivity index (χ0) is 19.3. The van der Waals surface area contributed by atoms with Gasteiger partial charge in [-0.2, -0.15) is 4.31 Å². The minimum absolute atomic E-state index is 0.0791. The SMILES string of the molecule is CC1(C)[C@H]2CC[C@]1(CS(=O)(=O)N(C1CCCCC1)C1CCCCC1)[C@H](O)C2. The molecule has 0 aliphatic heterocycles. The summed E-state index contributed by atoms with van der Waals surface area (Å²) in [4.78, 5) is 0. The van der Waals surface area contributed by atoms with Gasteiger partial charge in [0.15, 0.2) is 0 Å². The highest BCUT2D eigenvalue weighted by Gasteiger charge is 2.65. The van der Waals surface area contributed by atoms with Gasteiger partial charge in [0.2, 0.25) is 10.0 Å². The highest BCUT2D eigenvalue weighted by molar-refractivity contribution is 7.89. The molecule has 1 N–H and O–H groups in total. The summed E-state index contributed by atoms with van der Waals surface area (Å²) in [7, 11) is -3.38. The number of hydrogen-bond donors (Lipinski definition) is 1. The predicted molar refractivity (Wildman–Crippen MR) is 109 cm³/mol. The van der Waals surface area contributed by atoms with Gasteiger partial charge < -0.3 is 5.11 Å². The lowest BCUT2D eigenvalue weighted by Gasteiger charge is -2.45. The van der Waals surface area contributed by atoms with Crippen LogP contribution >= 0.6 is 0 Å². The summed E-state index contributed by atoms with van der Waals surface area (Å²) in [5, 5.41) is 10.9. The van der Waals surface area contributed by atoms with Gasteiger partial charge in [-0.15, -0.1) is 0 Å². The summed E-state index contributed by atoms with van der Waals surface area (Å²) >= 11 is 0. The Morgan fingerprint density at radius 3 is 1.81 bits per heavy atom. The van der Waals surface area contributed by atoms with E-state index in [0.717, 1.165) is 70.6 Å². The molecular weight excluding hydrogens is 358 g/mol. The molecule has 156 valence electrons. The Morgan fingerprint density at radius 1 is 0.889 bits per heavy atom. The number of aliphatic hydroxyl groups is 1. The molecule has 5 heteroatoms. The van der Waals surface area contributed by atoms with Crippen molar-refractivity contribution in [2.24, 2.45) is 16.7 Å². The molecule has 0 spiro atoms. The van der Waals surface area contributed by atoms with Crippen LogP contribution in [0.25, 0.3) is 0 Å². The van der Waals surface area contributed by atoms with E-state index in [4.69, 9.17) is 0 Å². The third kappa shape index (κ3) is 3.30. The summed E-state index contributed by atoms with van der Waals surface area (Å²) in [5.41, 5.74) is -0.525. The van der Waals surface area contributed by atoms with Crippen LogP contribution in [0.15, 0.2) is 0 Å². The molecule has 0 saturated heterocycles. The summed E-state index contributed by atoms with van der Waals surface area (Å²) in [5.74, 6) is 0.637. The average Bonchev–Trinajstić information content (AvgIpc) is 2.97. The fraction of sp³-hybridized carbons (Fsp3) is 1.00. The van der Waals surface area contributed by atoms with Crippen molar-refractivity contribution in [1.82, 2.24) is 4.31 Å². The molecule has 0 amide bonds. The first-order valence-corrected chi connectivity index (χ1v) is 13.1. The molecule has 4 rings (SSSR count). The molecule has 4 aliphatic rings. The standard InChI is InChI=1S/C22H39NO3S/c1-21(2)17-13-14-22(21,20(24)15-17)16-27(25,26)23(18-9-5-3-6-10-18)19-11-7-4-8-12-19/h17-20,24H,3-16H2,1-2H3/t17-,20+,22-/m0/s1. The number of fused-ring (bicyclic) bond motifs is 2. The topological polar surface area (TPSA) is 57.6 Å². The van der Waals surface area contributed by atoms with Crippen LogP contribution in [0.2, 0.25) is 0 Å². The third-order valence-corrected chi connectivity index (χ3v) is 11.1. The number of hydrogen-bond acceptors (Lipinski definition) is 3. The molecule has 0 unspecified atom stereocenters. The predicted octanol–water partition coefficient (Wildman–Crippen LogP) is 4.47. The van der Waals surface area contributed by atoms with Crippen molar-refractivity contribution in [2.45, 2.75) is 116 Å². The van der Waals surface area contributed by atoms with Crippen molar-refractivity contribution in [3.8, 4) is 0 Å². The second-order valence-electron chi connectivity index (χ2n) is 10.5. The molecule has 0 aromatic heterocycles. The van der Waals surface area contributed by atoms with Gasteiger partial charge in [0.05, 0.1) is 11.9 Å². The molecule has 3 atom stereocenters. The number of nitrogens with zero attached hydrogens (tertiary/aromatic N) is 1. The molecule has 4 aliphatic carbocycles. The molecule has 2 bridgehead atoms. The maximum atomic E-state index is 13.9. The van der Waals surface area contributed by atoms with Crippen molar-refractivity contribution >= 4 is 10.0 Å². The van der Waals surface area contributed by atoms with Crippen LogP contribution in [0, 0.1) is 16.7 Å². The fourth-order valence-electron chi connectivity index (χ4n) is 7.20. The van der Waals surface area contributed by atoms with Gasteiger partial charge in [-0.3, -0.25) is 0 Å². The van der Waals surface area contributed by atoms with E-state index in [2.05, 4.69) is 13.8 Å². The van der Waals surface area contributed by atoms with Gasteiger partial charge in [0.25, 0.3) is 0 Å². The van der Waals surface area contributed by atoms with E-state index < -0.39 is 21.5 Å². The lowest BCUT2D eigenvalue weighted by Crippen LogP contribution is -2.54. The fourth-order valence-corrected chi connectivity index (χ4v) is 10.0. The first-order valence-electron chi connectivity index (χ1n) is 11.5. The van der Waals surface area contributed by atoms with E-state index in [0.29, 0.717) is 5.92 Å². The molecule has 0 aromatic rings. The van der Waals surface area contributed by atoms with E-state index in [-0.39, 0.29) is 23.3 Å². The molecular formula is C22H39NO3S. The minimum atomic E-state index is -3.38. The van der Waals surface area contributed by atoms with Gasteiger partial charge in [0, 0.05) is 17.5 Å². The van der Waals surface area contributed by atoms with Crippen LogP contribution in [0.1, 0.15) is 97.3 Å². The quantitative estimate of drug-likeness (QED) is 0.744. The zero-order valence-corrected chi connectivity index (χ0v) is 18.1. The third-order valence-electron chi connectivity index (χ3n) is 9.02. The minimum Gasteiger partial charge on any atom is -0.392 e. The largest absolute Gasteiger partial charge is 0.392 e. The van der Waals surface area contributed by atoms with Crippen LogP contribution in [-0.2, 0) is 10.0 Å². The van der Waals surface area contributed by atoms with E-state index in [1.54, 1.807) is 0 Å². The molecule has 4 saturated carbocycles. The van der Waals surface area contributed by atoms with Crippen molar-refractivity contribution in [3.05, 3.63) is 0 Å². The average molecular weight is 398 g/mol. The lowest BCUT2D eigenvalue weighted by atomic mass is 9.70. The van der Waals surface area contributed by atoms with Crippen molar-refractivity contribution in [1.29, 1.82) is 0 Å². The second kappa shape index (κ2) is 7.28. The highest BCUT2D eigenvalue weighted by Crippen LogP contribution is 2.66. The molecule has 0 aromatic carbocycles. The normalized spacial score (nSPS) is 37.9. The van der Waals surface area contributed by atoms with Gasteiger partial charge in [-0.05, 0) is 56.3 Å². The Kier molecular flexibility index (Phi) is 5.44. The molecule has 0 radical (unpaired) electrons. The van der Waals surface area contributed by atoms with Crippen LogP contribution in [0.4, 0.5) is 0 Å². The van der Waals surface area contributed by atoms with E-state index >= 15 is 0 Å². The smallest absolute Gasteiger partial charge is 0.215 e. The summed E-state index contributed by atoms with van der Waals surface area (Å²) < 4.78 is 29.8. The van der Waals surface area contributed by atoms with Gasteiger partial charge >= 0.3 is 0 Å². The van der Waals surface area contributed by atoms with Crippen LogP contribution in [0.3, 0.4) is 0 Å². The number of rotatable bonds is 5. The molecule has 0 heterocycles. The monoisotopic (exact) mass is 397 g/mol. The summed E-state index contributed by atoms with van der Waals surface area (Å²) in [6.45, 7) is 4.42. The Hall–Kier alpha value is -0.130. The Morgan fingerprint density at radius 2 is 1.41 bits per heavy atom. The number of aliphatic hydroxyl groups excluding tert-OH is 1. The van der Waals surface area contributed by atoms with Crippen molar-refractivity contribution < 1.29 is 13.5 Å². The van der Waals surface area contributed by atoms with Crippen LogP contribution in [-0.4, -0.2) is 41.8 Å². The summed E-state index contributed by atoms with van der Waals surface area (Å²) in [6, 6.07) is 0.393. The summed E-state index contributed by atoms with van der Waals surface area (Å²) in [6.07, 6.45) is 13.5. The highest BCUT2D eigenvalue weighted by atomic mass is 32.2. The van der Waals surface area contributed by atoms with Gasteiger partial charge in [-0.1, -0.05) is 52.4 Å². The van der Waals surface area contributed by atoms with Crippen molar-refractivity contribution in [3.63, 3.8) is 0 Å². The maximum absolute atomic E-state index is 13.9. The molecule has 4 fully saturated rings. The second-order valence-corrected chi connectivity index (χ2v) is 12.4. The van der Waals surface area contributed by atoms with E-state index in [1.807, 2.05) is 4.31 Å². The van der Waals surface area contributed by atoms with Gasteiger partial charge in [0.1, 0.15) is 0 Å². The van der Waals surface area contributed by atoms with Gasteiger partial charge in [-0.25, -0.2) is 8.42 Å². The Bertz CT molecular complexity index is 616. The Labute approximate surface area is 166 Å². The molecule has 27 heavy (non-hydrogen) atoms. The first-order chi connectivity index (χ1) is 12.8. The first kappa shape index (κ1) is 20.2. The lowest BCUT2D eigenvalue weighted by molar-refractivity contribution is 0.0136. The van der Waals surface area contributed by atoms with E-state index in [1.165, 1.54) is 12.8 Å². The van der Waals surface area contributed by atoms with Crippen molar-refractivity contribution in [2.75, 3.05) is 5.75 Å². The van der Waals surface area contributed by atoms with Crippen LogP contribution < -0.4 is 0 Å². The molecule has 4 nitrogen and oxygen atoms in total.